The van der Waals surface area contributed by atoms with Crippen molar-refractivity contribution in [2.45, 2.75) is 53.1 Å². The van der Waals surface area contributed by atoms with E-state index in [1.165, 1.54) is 11.1 Å². The third-order valence-electron chi connectivity index (χ3n) is 3.43. The second-order valence-electron chi connectivity index (χ2n) is 5.87. The number of carbonyl (C=O) groups excluding carboxylic acids is 1. The van der Waals surface area contributed by atoms with Gasteiger partial charge in [0.15, 0.2) is 0 Å². The van der Waals surface area contributed by atoms with Crippen LogP contribution in [0.2, 0.25) is 0 Å². The summed E-state index contributed by atoms with van der Waals surface area (Å²) >= 11 is 0. The monoisotopic (exact) mass is 276 g/mol. The Labute approximate surface area is 123 Å². The van der Waals surface area contributed by atoms with Crippen molar-refractivity contribution in [2.75, 3.05) is 13.1 Å². The molecule has 3 nitrogen and oxygen atoms in total. The van der Waals surface area contributed by atoms with Gasteiger partial charge in [0, 0.05) is 13.1 Å². The average molecular weight is 276 g/mol. The van der Waals surface area contributed by atoms with Crippen molar-refractivity contribution >= 4 is 5.91 Å². The highest BCUT2D eigenvalue weighted by Gasteiger charge is 2.30. The van der Waals surface area contributed by atoms with Crippen LogP contribution in [0, 0.1) is 6.92 Å². The molecule has 0 saturated carbocycles. The molecule has 3 heteroatoms. The largest absolute Gasteiger partial charge is 0.337 e. The molecule has 0 fully saturated rings. The third kappa shape index (κ3) is 4.64. The van der Waals surface area contributed by atoms with E-state index >= 15 is 0 Å². The molecule has 0 aliphatic carbocycles. The first kappa shape index (κ1) is 16.7. The molecule has 0 aliphatic heterocycles. The van der Waals surface area contributed by atoms with Crippen molar-refractivity contribution in [2.24, 2.45) is 0 Å². The Morgan fingerprint density at radius 3 is 2.30 bits per heavy atom. The summed E-state index contributed by atoms with van der Waals surface area (Å²) in [5, 5.41) is 3.26. The van der Waals surface area contributed by atoms with Crippen LogP contribution in [0.15, 0.2) is 24.3 Å². The van der Waals surface area contributed by atoms with E-state index < -0.39 is 5.54 Å². The topological polar surface area (TPSA) is 32.3 Å². The Balaban J connectivity index is 2.83. The molecular formula is C17H28N2O. The van der Waals surface area contributed by atoms with E-state index in [1.807, 2.05) is 25.7 Å². The quantitative estimate of drug-likeness (QED) is 0.830. The minimum Gasteiger partial charge on any atom is -0.337 e. The van der Waals surface area contributed by atoms with Crippen molar-refractivity contribution in [3.8, 4) is 0 Å². The van der Waals surface area contributed by atoms with Crippen LogP contribution >= 0.6 is 0 Å². The molecule has 20 heavy (non-hydrogen) atoms. The van der Waals surface area contributed by atoms with Gasteiger partial charge in [-0.1, -0.05) is 43.7 Å². The predicted octanol–water partition coefficient (Wildman–Crippen LogP) is 3.12. The van der Waals surface area contributed by atoms with Crippen LogP contribution in [0.5, 0.6) is 0 Å². The molecule has 0 aromatic heterocycles. The lowest BCUT2D eigenvalue weighted by Crippen LogP contribution is -2.54. The Kier molecular flexibility index (Phi) is 6.21. The zero-order chi connectivity index (χ0) is 15.2. The lowest BCUT2D eigenvalue weighted by molar-refractivity contribution is -0.137. The van der Waals surface area contributed by atoms with Crippen molar-refractivity contribution in [1.82, 2.24) is 10.2 Å². The fraction of sp³-hybridized carbons (Fsp3) is 0.588. The van der Waals surface area contributed by atoms with E-state index in [1.54, 1.807) is 0 Å². The Hall–Kier alpha value is -1.35. The number of amides is 1. The molecule has 0 spiro atoms. The third-order valence-corrected chi connectivity index (χ3v) is 3.43. The number of aryl methyl sites for hydroxylation is 1. The maximum absolute atomic E-state index is 12.7. The Bertz CT molecular complexity index is 423. The highest BCUT2D eigenvalue weighted by molar-refractivity contribution is 5.85. The van der Waals surface area contributed by atoms with Crippen LogP contribution in [0.1, 0.15) is 45.2 Å². The van der Waals surface area contributed by atoms with Crippen LogP contribution in [0.25, 0.3) is 0 Å². The summed E-state index contributed by atoms with van der Waals surface area (Å²) in [6.07, 6.45) is 0.972. The molecule has 0 atom stereocenters. The average Bonchev–Trinajstić information content (AvgIpc) is 2.40. The van der Waals surface area contributed by atoms with E-state index in [0.717, 1.165) is 19.5 Å². The molecule has 0 aliphatic rings. The highest BCUT2D eigenvalue weighted by atomic mass is 16.2. The highest BCUT2D eigenvalue weighted by Crippen LogP contribution is 2.13. The Morgan fingerprint density at radius 2 is 1.80 bits per heavy atom. The van der Waals surface area contributed by atoms with Gasteiger partial charge in [-0.15, -0.1) is 0 Å². The summed E-state index contributed by atoms with van der Waals surface area (Å²) in [6, 6.07) is 8.40. The summed E-state index contributed by atoms with van der Waals surface area (Å²) in [4.78, 5) is 14.6. The van der Waals surface area contributed by atoms with Crippen LogP contribution in [0.4, 0.5) is 0 Å². The molecule has 112 valence electrons. The summed E-state index contributed by atoms with van der Waals surface area (Å²) in [6.45, 7) is 12.4. The van der Waals surface area contributed by atoms with Gasteiger partial charge in [0.25, 0.3) is 0 Å². The first-order valence-corrected chi connectivity index (χ1v) is 7.50. The minimum absolute atomic E-state index is 0.168. The van der Waals surface area contributed by atoms with Gasteiger partial charge in [-0.2, -0.15) is 0 Å². The van der Waals surface area contributed by atoms with Gasteiger partial charge in [0.1, 0.15) is 0 Å². The first-order chi connectivity index (χ1) is 9.40. The summed E-state index contributed by atoms with van der Waals surface area (Å²) in [5.41, 5.74) is 1.93. The van der Waals surface area contributed by atoms with Gasteiger partial charge in [-0.3, -0.25) is 4.79 Å². The zero-order valence-electron chi connectivity index (χ0n) is 13.5. The van der Waals surface area contributed by atoms with Crippen LogP contribution in [-0.4, -0.2) is 29.4 Å². The summed E-state index contributed by atoms with van der Waals surface area (Å²) in [5.74, 6) is 0.168. The maximum Gasteiger partial charge on any atom is 0.242 e. The lowest BCUT2D eigenvalue weighted by Gasteiger charge is -2.32. The normalized spacial score (nSPS) is 11.4. The van der Waals surface area contributed by atoms with Crippen molar-refractivity contribution < 1.29 is 4.79 Å². The van der Waals surface area contributed by atoms with Gasteiger partial charge in [-0.25, -0.2) is 0 Å². The number of rotatable bonds is 7. The molecule has 0 saturated heterocycles. The van der Waals surface area contributed by atoms with Gasteiger partial charge in [0.2, 0.25) is 5.91 Å². The number of nitrogens with zero attached hydrogens (tertiary/aromatic N) is 1. The fourth-order valence-corrected chi connectivity index (χ4v) is 2.35. The molecule has 1 N–H and O–H groups in total. The van der Waals surface area contributed by atoms with Crippen LogP contribution in [-0.2, 0) is 11.3 Å². The van der Waals surface area contributed by atoms with E-state index in [2.05, 4.69) is 43.4 Å². The van der Waals surface area contributed by atoms with E-state index in [-0.39, 0.29) is 5.91 Å². The molecular weight excluding hydrogens is 248 g/mol. The molecule has 0 heterocycles. The number of hydrogen-bond donors (Lipinski definition) is 1. The number of benzene rings is 1. The SMILES string of the molecule is CCCN(Cc1ccc(C)cc1)C(=O)C(C)(C)NCC. The van der Waals surface area contributed by atoms with Crippen LogP contribution < -0.4 is 5.32 Å². The summed E-state index contributed by atoms with van der Waals surface area (Å²) in [7, 11) is 0. The van der Waals surface area contributed by atoms with E-state index in [4.69, 9.17) is 0 Å². The number of nitrogens with one attached hydrogen (secondary N) is 1. The van der Waals surface area contributed by atoms with Gasteiger partial charge >= 0.3 is 0 Å². The lowest BCUT2D eigenvalue weighted by atomic mass is 10.0. The zero-order valence-corrected chi connectivity index (χ0v) is 13.5. The second kappa shape index (κ2) is 7.44. The smallest absolute Gasteiger partial charge is 0.242 e. The molecule has 1 rings (SSSR count). The van der Waals surface area contributed by atoms with Gasteiger partial charge in [0.05, 0.1) is 5.54 Å². The van der Waals surface area contributed by atoms with Crippen LogP contribution in [0.3, 0.4) is 0 Å². The second-order valence-corrected chi connectivity index (χ2v) is 5.87. The first-order valence-electron chi connectivity index (χ1n) is 7.50. The summed E-state index contributed by atoms with van der Waals surface area (Å²) < 4.78 is 0. The fourth-order valence-electron chi connectivity index (χ4n) is 2.35. The van der Waals surface area contributed by atoms with Gasteiger partial charge in [-0.05, 0) is 39.3 Å². The molecule has 1 amide bonds. The molecule has 1 aromatic carbocycles. The number of likely N-dealkylation sites (N-methyl/N-ethyl adjacent to an activating group) is 1. The van der Waals surface area contributed by atoms with E-state index in [9.17, 15) is 4.79 Å². The van der Waals surface area contributed by atoms with Crippen molar-refractivity contribution in [3.63, 3.8) is 0 Å². The predicted molar refractivity (Wildman–Crippen MR) is 84.6 cm³/mol. The maximum atomic E-state index is 12.7. The van der Waals surface area contributed by atoms with Crippen molar-refractivity contribution in [3.05, 3.63) is 35.4 Å². The molecule has 0 radical (unpaired) electrons. The minimum atomic E-state index is -0.505. The van der Waals surface area contributed by atoms with Crippen molar-refractivity contribution in [1.29, 1.82) is 0 Å². The number of carbonyl (C=O) groups is 1. The molecule has 0 unspecified atom stereocenters. The Morgan fingerprint density at radius 1 is 1.20 bits per heavy atom. The molecule has 1 aromatic rings. The van der Waals surface area contributed by atoms with E-state index in [0.29, 0.717) is 6.54 Å². The van der Waals surface area contributed by atoms with Gasteiger partial charge < -0.3 is 10.2 Å². The molecule has 0 bridgehead atoms. The number of hydrogen-bond acceptors (Lipinski definition) is 2. The standard InChI is InChI=1S/C17H28N2O/c1-6-12-19(16(20)17(4,5)18-7-2)13-15-10-8-14(3)9-11-15/h8-11,18H,6-7,12-13H2,1-5H3.